The van der Waals surface area contributed by atoms with E-state index in [2.05, 4.69) is 0 Å². The van der Waals surface area contributed by atoms with E-state index in [1.54, 1.807) is 6.92 Å². The van der Waals surface area contributed by atoms with Crippen molar-refractivity contribution in [3.05, 3.63) is 53.5 Å². The molecule has 1 unspecified atom stereocenters. The highest BCUT2D eigenvalue weighted by Gasteiger charge is 2.31. The Morgan fingerprint density at radius 2 is 1.86 bits per heavy atom. The van der Waals surface area contributed by atoms with Crippen LogP contribution in [0.15, 0.2) is 45.7 Å². The lowest BCUT2D eigenvalue weighted by molar-refractivity contribution is 0.0661. The Bertz CT molecular complexity index is 780. The van der Waals surface area contributed by atoms with Gasteiger partial charge in [-0.15, -0.1) is 0 Å². The maximum absolute atomic E-state index is 12.7. The molecule has 1 atom stereocenters. The van der Waals surface area contributed by atoms with E-state index in [-0.39, 0.29) is 10.7 Å². The van der Waals surface area contributed by atoms with Gasteiger partial charge in [-0.2, -0.15) is 4.31 Å². The molecule has 0 aliphatic carbocycles. The highest BCUT2D eigenvalue weighted by Crippen LogP contribution is 2.29. The number of sulfonamides is 1. The Kier molecular flexibility index (Phi) is 4.39. The van der Waals surface area contributed by atoms with Crippen molar-refractivity contribution in [1.82, 2.24) is 4.31 Å². The topological polar surface area (TPSA) is 87.8 Å². The van der Waals surface area contributed by atoms with E-state index in [0.717, 1.165) is 11.6 Å². The van der Waals surface area contributed by atoms with Crippen LogP contribution in [0.25, 0.3) is 0 Å². The van der Waals surface area contributed by atoms with Gasteiger partial charge in [-0.05, 0) is 19.4 Å². The molecule has 6 nitrogen and oxygen atoms in total. The van der Waals surface area contributed by atoms with Crippen LogP contribution < -0.4 is 0 Å². The minimum atomic E-state index is -3.85. The molecule has 22 heavy (non-hydrogen) atoms. The minimum absolute atomic E-state index is 0.0597. The molecule has 0 radical (unpaired) electrons. The summed E-state index contributed by atoms with van der Waals surface area (Å²) in [5, 5.41) is 8.91. The fourth-order valence-electron chi connectivity index (χ4n) is 2.13. The second-order valence-electron chi connectivity index (χ2n) is 4.94. The quantitative estimate of drug-likeness (QED) is 0.914. The van der Waals surface area contributed by atoms with Gasteiger partial charge in [0.25, 0.3) is 0 Å². The molecule has 0 spiro atoms. The van der Waals surface area contributed by atoms with Crippen molar-refractivity contribution in [3.8, 4) is 0 Å². The van der Waals surface area contributed by atoms with Gasteiger partial charge in [-0.3, -0.25) is 0 Å². The number of aromatic carboxylic acids is 1. The maximum atomic E-state index is 12.7. The SMILES string of the molecule is Cc1oc(C(=O)O)cc1S(=O)(=O)N(C)C(C)c1ccccc1. The van der Waals surface area contributed by atoms with E-state index in [4.69, 9.17) is 9.52 Å². The second-order valence-corrected chi connectivity index (χ2v) is 6.91. The first-order valence-electron chi connectivity index (χ1n) is 6.62. The molecule has 0 aliphatic rings. The van der Waals surface area contributed by atoms with Gasteiger partial charge in [0, 0.05) is 19.2 Å². The third kappa shape index (κ3) is 2.90. The van der Waals surface area contributed by atoms with Gasteiger partial charge >= 0.3 is 5.97 Å². The van der Waals surface area contributed by atoms with Crippen LogP contribution in [-0.4, -0.2) is 30.8 Å². The number of carboxylic acid groups (broad SMARTS) is 1. The molecule has 1 aromatic carbocycles. The Labute approximate surface area is 129 Å². The molecule has 1 N–H and O–H groups in total. The van der Waals surface area contributed by atoms with Gasteiger partial charge in [-0.25, -0.2) is 13.2 Å². The summed E-state index contributed by atoms with van der Waals surface area (Å²) in [5.41, 5.74) is 0.841. The molecule has 0 saturated carbocycles. The summed E-state index contributed by atoms with van der Waals surface area (Å²) in [5.74, 6) is -1.63. The fraction of sp³-hybridized carbons (Fsp3) is 0.267. The van der Waals surface area contributed by atoms with Crippen LogP contribution in [0.5, 0.6) is 0 Å². The Balaban J connectivity index is 2.40. The van der Waals surface area contributed by atoms with Crippen LogP contribution in [0.3, 0.4) is 0 Å². The molecule has 118 valence electrons. The van der Waals surface area contributed by atoms with Gasteiger partial charge in [0.15, 0.2) is 0 Å². The Hall–Kier alpha value is -2.12. The molecule has 0 fully saturated rings. The standard InChI is InChI=1S/C15H17NO5S/c1-10(12-7-5-4-6-8-12)16(3)22(19,20)14-9-13(15(17)18)21-11(14)2/h4-10H,1-3H3,(H,17,18). The van der Waals surface area contributed by atoms with Crippen molar-refractivity contribution in [1.29, 1.82) is 0 Å². The molecule has 0 bridgehead atoms. The molecule has 7 heteroatoms. The summed E-state index contributed by atoms with van der Waals surface area (Å²) >= 11 is 0. The smallest absolute Gasteiger partial charge is 0.371 e. The third-order valence-corrected chi connectivity index (χ3v) is 5.60. The monoisotopic (exact) mass is 323 g/mol. The van der Waals surface area contributed by atoms with E-state index >= 15 is 0 Å². The first kappa shape index (κ1) is 16.3. The molecule has 1 heterocycles. The molecule has 2 aromatic rings. The zero-order valence-corrected chi connectivity index (χ0v) is 13.3. The average molecular weight is 323 g/mol. The summed E-state index contributed by atoms with van der Waals surface area (Å²) in [6.45, 7) is 3.20. The van der Waals surface area contributed by atoms with Crippen molar-refractivity contribution in [2.75, 3.05) is 7.05 Å². The maximum Gasteiger partial charge on any atom is 0.371 e. The predicted molar refractivity (Wildman–Crippen MR) is 80.2 cm³/mol. The van der Waals surface area contributed by atoms with E-state index in [1.807, 2.05) is 30.3 Å². The van der Waals surface area contributed by atoms with Crippen LogP contribution in [0, 0.1) is 6.92 Å². The summed E-state index contributed by atoms with van der Waals surface area (Å²) in [4.78, 5) is 10.8. The molecule has 2 rings (SSSR count). The van der Waals surface area contributed by atoms with Gasteiger partial charge in [-0.1, -0.05) is 30.3 Å². The number of rotatable bonds is 5. The third-order valence-electron chi connectivity index (χ3n) is 3.57. The lowest BCUT2D eigenvalue weighted by Gasteiger charge is -2.24. The van der Waals surface area contributed by atoms with E-state index < -0.39 is 27.8 Å². The van der Waals surface area contributed by atoms with E-state index in [9.17, 15) is 13.2 Å². The molecule has 1 aromatic heterocycles. The fourth-order valence-corrected chi connectivity index (χ4v) is 3.64. The average Bonchev–Trinajstić information content (AvgIpc) is 2.89. The number of nitrogens with zero attached hydrogens (tertiary/aromatic N) is 1. The van der Waals surface area contributed by atoms with Crippen molar-refractivity contribution in [2.24, 2.45) is 0 Å². The van der Waals surface area contributed by atoms with Crippen molar-refractivity contribution < 1.29 is 22.7 Å². The van der Waals surface area contributed by atoms with Crippen LogP contribution in [0.1, 0.15) is 34.8 Å². The van der Waals surface area contributed by atoms with Crippen LogP contribution in [0.2, 0.25) is 0 Å². The summed E-state index contributed by atoms with van der Waals surface area (Å²) in [6, 6.07) is 9.83. The van der Waals surface area contributed by atoms with Crippen LogP contribution in [0.4, 0.5) is 0 Å². The zero-order valence-electron chi connectivity index (χ0n) is 12.5. The predicted octanol–water partition coefficient (Wildman–Crippen LogP) is 2.67. The lowest BCUT2D eigenvalue weighted by atomic mass is 10.1. The molecule has 0 aliphatic heterocycles. The zero-order chi connectivity index (χ0) is 16.5. The lowest BCUT2D eigenvalue weighted by Crippen LogP contribution is -2.30. The number of carbonyl (C=O) groups is 1. The molecule has 0 saturated heterocycles. The number of furan rings is 1. The molecular formula is C15H17NO5S. The number of hydrogen-bond acceptors (Lipinski definition) is 4. The highest BCUT2D eigenvalue weighted by molar-refractivity contribution is 7.89. The van der Waals surface area contributed by atoms with Gasteiger partial charge in [0.2, 0.25) is 15.8 Å². The van der Waals surface area contributed by atoms with Gasteiger partial charge in [0.1, 0.15) is 10.7 Å². The van der Waals surface area contributed by atoms with Crippen LogP contribution >= 0.6 is 0 Å². The Morgan fingerprint density at radius 3 is 2.36 bits per heavy atom. The first-order chi connectivity index (χ1) is 10.2. The normalized spacial score (nSPS) is 13.3. The van der Waals surface area contributed by atoms with Gasteiger partial charge in [0.05, 0.1) is 0 Å². The van der Waals surface area contributed by atoms with E-state index in [1.165, 1.54) is 18.3 Å². The molecular weight excluding hydrogens is 306 g/mol. The van der Waals surface area contributed by atoms with Crippen molar-refractivity contribution >= 4 is 16.0 Å². The number of hydrogen-bond donors (Lipinski definition) is 1. The van der Waals surface area contributed by atoms with Crippen molar-refractivity contribution in [2.45, 2.75) is 24.8 Å². The van der Waals surface area contributed by atoms with E-state index in [0.29, 0.717) is 0 Å². The first-order valence-corrected chi connectivity index (χ1v) is 8.06. The summed E-state index contributed by atoms with van der Waals surface area (Å²) in [6.07, 6.45) is 0. The largest absolute Gasteiger partial charge is 0.475 e. The van der Waals surface area contributed by atoms with Gasteiger partial charge < -0.3 is 9.52 Å². The number of aryl methyl sites for hydroxylation is 1. The minimum Gasteiger partial charge on any atom is -0.475 e. The number of carboxylic acids is 1. The highest BCUT2D eigenvalue weighted by atomic mass is 32.2. The summed E-state index contributed by atoms with van der Waals surface area (Å²) < 4.78 is 31.5. The number of benzene rings is 1. The summed E-state index contributed by atoms with van der Waals surface area (Å²) in [7, 11) is -2.40. The second kappa shape index (κ2) is 5.94. The molecule has 0 amide bonds. The Morgan fingerprint density at radius 1 is 1.27 bits per heavy atom. The van der Waals surface area contributed by atoms with Crippen LogP contribution in [-0.2, 0) is 10.0 Å². The van der Waals surface area contributed by atoms with Crippen molar-refractivity contribution in [3.63, 3.8) is 0 Å².